The van der Waals surface area contributed by atoms with E-state index in [2.05, 4.69) is 15.4 Å². The minimum absolute atomic E-state index is 0.220. The van der Waals surface area contributed by atoms with E-state index in [1.165, 1.54) is 23.4 Å². The van der Waals surface area contributed by atoms with Crippen LogP contribution in [0.15, 0.2) is 49.1 Å². The van der Waals surface area contributed by atoms with E-state index >= 15 is 0 Å². The summed E-state index contributed by atoms with van der Waals surface area (Å²) in [7, 11) is 0. The molecule has 3 rings (SSSR count). The topological polar surface area (TPSA) is 59.8 Å². The quantitative estimate of drug-likeness (QED) is 0.798. The summed E-state index contributed by atoms with van der Waals surface area (Å²) in [6.07, 6.45) is 2.89. The number of benzene rings is 2. The molecule has 1 heterocycles. The van der Waals surface area contributed by atoms with Crippen LogP contribution < -0.4 is 5.32 Å². The molecule has 0 aliphatic rings. The van der Waals surface area contributed by atoms with Gasteiger partial charge in [-0.05, 0) is 42.8 Å². The Kier molecular flexibility index (Phi) is 4.08. The minimum atomic E-state index is -0.437. The molecule has 3 aromatic rings. The SMILES string of the molecule is Cc1ccc(C(=O)Nc2cc(Cl)ccc2-n2cncn2)cc1F. The van der Waals surface area contributed by atoms with Gasteiger partial charge in [0, 0.05) is 10.6 Å². The lowest BCUT2D eigenvalue weighted by molar-refractivity contribution is 0.102. The van der Waals surface area contributed by atoms with E-state index in [1.807, 2.05) is 0 Å². The Morgan fingerprint density at radius 2 is 2.09 bits per heavy atom. The highest BCUT2D eigenvalue weighted by Gasteiger charge is 2.13. The molecule has 116 valence electrons. The summed E-state index contributed by atoms with van der Waals surface area (Å²) in [5.74, 6) is -0.868. The Balaban J connectivity index is 1.94. The molecule has 0 bridgehead atoms. The maximum atomic E-state index is 13.6. The van der Waals surface area contributed by atoms with E-state index in [9.17, 15) is 9.18 Å². The molecule has 0 spiro atoms. The van der Waals surface area contributed by atoms with Crippen LogP contribution in [0.5, 0.6) is 0 Å². The van der Waals surface area contributed by atoms with Crippen molar-refractivity contribution in [1.82, 2.24) is 14.8 Å². The van der Waals surface area contributed by atoms with Crippen molar-refractivity contribution in [2.24, 2.45) is 0 Å². The lowest BCUT2D eigenvalue weighted by Crippen LogP contribution is -2.14. The van der Waals surface area contributed by atoms with Gasteiger partial charge in [0.1, 0.15) is 18.5 Å². The van der Waals surface area contributed by atoms with Crippen molar-refractivity contribution >= 4 is 23.2 Å². The van der Waals surface area contributed by atoms with E-state index in [0.717, 1.165) is 0 Å². The third-order valence-electron chi connectivity index (χ3n) is 3.31. The first-order valence-electron chi connectivity index (χ1n) is 6.76. The number of hydrogen-bond donors (Lipinski definition) is 1. The lowest BCUT2D eigenvalue weighted by Gasteiger charge is -2.11. The Hall–Kier alpha value is -2.73. The molecule has 5 nitrogen and oxygen atoms in total. The largest absolute Gasteiger partial charge is 0.320 e. The molecule has 1 N–H and O–H groups in total. The van der Waals surface area contributed by atoms with Gasteiger partial charge in [0.15, 0.2) is 0 Å². The van der Waals surface area contributed by atoms with Gasteiger partial charge in [0.05, 0.1) is 11.4 Å². The highest BCUT2D eigenvalue weighted by Crippen LogP contribution is 2.24. The molecule has 1 aromatic heterocycles. The maximum Gasteiger partial charge on any atom is 0.255 e. The molecule has 2 aromatic carbocycles. The van der Waals surface area contributed by atoms with E-state index in [4.69, 9.17) is 11.6 Å². The fourth-order valence-electron chi connectivity index (χ4n) is 2.07. The highest BCUT2D eigenvalue weighted by molar-refractivity contribution is 6.31. The van der Waals surface area contributed by atoms with Crippen LogP contribution >= 0.6 is 11.6 Å². The Labute approximate surface area is 136 Å². The van der Waals surface area contributed by atoms with Gasteiger partial charge in [-0.25, -0.2) is 14.1 Å². The van der Waals surface area contributed by atoms with Crippen LogP contribution in [0.4, 0.5) is 10.1 Å². The van der Waals surface area contributed by atoms with Gasteiger partial charge in [-0.2, -0.15) is 5.10 Å². The summed E-state index contributed by atoms with van der Waals surface area (Å²) in [5.41, 5.74) is 1.76. The number of nitrogens with one attached hydrogen (secondary N) is 1. The molecule has 0 unspecified atom stereocenters. The van der Waals surface area contributed by atoms with Crippen molar-refractivity contribution < 1.29 is 9.18 Å². The van der Waals surface area contributed by atoms with Crippen LogP contribution in [0.1, 0.15) is 15.9 Å². The Morgan fingerprint density at radius 1 is 1.26 bits per heavy atom. The van der Waals surface area contributed by atoms with E-state index < -0.39 is 11.7 Å². The van der Waals surface area contributed by atoms with Crippen LogP contribution in [0, 0.1) is 12.7 Å². The maximum absolute atomic E-state index is 13.6. The molecule has 0 atom stereocenters. The van der Waals surface area contributed by atoms with Gasteiger partial charge in [-0.15, -0.1) is 0 Å². The first-order chi connectivity index (χ1) is 11.0. The van der Waals surface area contributed by atoms with Crippen LogP contribution in [0.25, 0.3) is 5.69 Å². The van der Waals surface area contributed by atoms with Gasteiger partial charge in [-0.3, -0.25) is 4.79 Å². The van der Waals surface area contributed by atoms with Gasteiger partial charge >= 0.3 is 0 Å². The fraction of sp³-hybridized carbons (Fsp3) is 0.0625. The fourth-order valence-corrected chi connectivity index (χ4v) is 2.24. The van der Waals surface area contributed by atoms with E-state index in [-0.39, 0.29) is 5.56 Å². The molecule has 0 saturated carbocycles. The molecule has 23 heavy (non-hydrogen) atoms. The Morgan fingerprint density at radius 3 is 2.78 bits per heavy atom. The van der Waals surface area contributed by atoms with Gasteiger partial charge < -0.3 is 5.32 Å². The van der Waals surface area contributed by atoms with Crippen molar-refractivity contribution in [2.45, 2.75) is 6.92 Å². The summed E-state index contributed by atoms with van der Waals surface area (Å²) in [6, 6.07) is 9.31. The normalized spacial score (nSPS) is 10.6. The van der Waals surface area contributed by atoms with Gasteiger partial charge in [-0.1, -0.05) is 17.7 Å². The molecular weight excluding hydrogens is 319 g/mol. The molecule has 0 saturated heterocycles. The number of aromatic nitrogens is 3. The summed E-state index contributed by atoms with van der Waals surface area (Å²) < 4.78 is 15.1. The average Bonchev–Trinajstić information content (AvgIpc) is 3.04. The summed E-state index contributed by atoms with van der Waals surface area (Å²) >= 11 is 6.00. The molecule has 1 amide bonds. The lowest BCUT2D eigenvalue weighted by atomic mass is 10.1. The molecule has 7 heteroatoms. The van der Waals surface area contributed by atoms with E-state index in [1.54, 1.807) is 37.3 Å². The zero-order chi connectivity index (χ0) is 16.4. The molecule has 0 fully saturated rings. The number of halogens is 2. The van der Waals surface area contributed by atoms with Crippen LogP contribution in [0.3, 0.4) is 0 Å². The van der Waals surface area contributed by atoms with Gasteiger partial charge in [0.2, 0.25) is 0 Å². The number of carbonyl (C=O) groups is 1. The standard InChI is InChI=1S/C16H12ClFN4O/c1-10-2-3-11(6-13(10)18)16(23)21-14-7-12(17)4-5-15(14)22-9-19-8-20-22/h2-9H,1H3,(H,21,23). The third-order valence-corrected chi connectivity index (χ3v) is 3.54. The zero-order valence-electron chi connectivity index (χ0n) is 12.1. The van der Waals surface area contributed by atoms with Crippen molar-refractivity contribution in [3.63, 3.8) is 0 Å². The average molecular weight is 331 g/mol. The molecule has 0 radical (unpaired) electrons. The third kappa shape index (κ3) is 3.22. The second-order valence-corrected chi connectivity index (χ2v) is 5.36. The number of rotatable bonds is 3. The number of hydrogen-bond acceptors (Lipinski definition) is 3. The Bertz CT molecular complexity index is 865. The van der Waals surface area contributed by atoms with Crippen molar-refractivity contribution in [3.8, 4) is 5.69 Å². The first-order valence-corrected chi connectivity index (χ1v) is 7.14. The van der Waals surface area contributed by atoms with E-state index in [0.29, 0.717) is 22.0 Å². The molecular formula is C16H12ClFN4O. The highest BCUT2D eigenvalue weighted by atomic mass is 35.5. The predicted octanol–water partition coefficient (Wildman–Crippen LogP) is 3.62. The predicted molar refractivity (Wildman–Crippen MR) is 85.5 cm³/mol. The van der Waals surface area contributed by atoms with Crippen LogP contribution in [0.2, 0.25) is 5.02 Å². The number of aryl methyl sites for hydroxylation is 1. The summed E-state index contributed by atoms with van der Waals surface area (Å²) in [4.78, 5) is 16.2. The van der Waals surface area contributed by atoms with Crippen LogP contribution in [-0.2, 0) is 0 Å². The van der Waals surface area contributed by atoms with Crippen molar-refractivity contribution in [2.75, 3.05) is 5.32 Å². The second kappa shape index (κ2) is 6.18. The molecule has 0 aliphatic carbocycles. The summed E-state index contributed by atoms with van der Waals surface area (Å²) in [5, 5.41) is 7.22. The number of carbonyl (C=O) groups excluding carboxylic acids is 1. The monoisotopic (exact) mass is 330 g/mol. The number of amides is 1. The van der Waals surface area contributed by atoms with Gasteiger partial charge in [0.25, 0.3) is 5.91 Å². The van der Waals surface area contributed by atoms with Crippen molar-refractivity contribution in [1.29, 1.82) is 0 Å². The molecule has 0 aliphatic heterocycles. The minimum Gasteiger partial charge on any atom is -0.320 e. The number of anilines is 1. The number of nitrogens with zero attached hydrogens (tertiary/aromatic N) is 3. The second-order valence-electron chi connectivity index (χ2n) is 4.92. The smallest absolute Gasteiger partial charge is 0.255 e. The zero-order valence-corrected chi connectivity index (χ0v) is 12.9. The summed E-state index contributed by atoms with van der Waals surface area (Å²) in [6.45, 7) is 1.64. The van der Waals surface area contributed by atoms with Crippen molar-refractivity contribution in [3.05, 3.63) is 71.0 Å². The van der Waals surface area contributed by atoms with Crippen LogP contribution in [-0.4, -0.2) is 20.7 Å². The first kappa shape index (κ1) is 15.2.